The third kappa shape index (κ3) is 10.5. The summed E-state index contributed by atoms with van der Waals surface area (Å²) in [7, 11) is -2.82. The van der Waals surface area contributed by atoms with E-state index in [2.05, 4.69) is 19.2 Å². The van der Waals surface area contributed by atoms with Crippen molar-refractivity contribution in [3.05, 3.63) is 0 Å². The monoisotopic (exact) mass is 253 g/mol. The first-order valence-electron chi connectivity index (χ1n) is 5.48. The Morgan fingerprint density at radius 3 is 2.47 bits per heavy atom. The maximum atomic E-state index is 11.0. The first-order chi connectivity index (χ1) is 6.99. The predicted octanol–water partition coefficient (Wildman–Crippen LogP) is 1.54. The van der Waals surface area contributed by atoms with E-state index in [9.17, 15) is 8.42 Å². The average Bonchev–Trinajstić information content (AvgIpc) is 2.13. The second-order valence-corrected chi connectivity index (χ2v) is 7.16. The van der Waals surface area contributed by atoms with Gasteiger partial charge < -0.3 is 5.32 Å². The molecule has 0 aliphatic heterocycles. The van der Waals surface area contributed by atoms with Crippen LogP contribution in [0.2, 0.25) is 0 Å². The predicted molar refractivity (Wildman–Crippen MR) is 69.4 cm³/mol. The average molecular weight is 253 g/mol. The molecule has 0 spiro atoms. The molecule has 0 saturated heterocycles. The van der Waals surface area contributed by atoms with Crippen LogP contribution >= 0.6 is 11.8 Å². The Hall–Kier alpha value is 0.260. The number of hydrogen-bond acceptors (Lipinski definition) is 4. The van der Waals surface area contributed by atoms with Crippen molar-refractivity contribution in [3.63, 3.8) is 0 Å². The van der Waals surface area contributed by atoms with E-state index in [4.69, 9.17) is 0 Å². The zero-order chi connectivity index (χ0) is 11.7. The van der Waals surface area contributed by atoms with Gasteiger partial charge in [0.15, 0.2) is 0 Å². The highest BCUT2D eigenvalue weighted by molar-refractivity contribution is 7.99. The highest BCUT2D eigenvalue weighted by atomic mass is 32.2. The van der Waals surface area contributed by atoms with E-state index in [0.29, 0.717) is 6.04 Å². The van der Waals surface area contributed by atoms with E-state index >= 15 is 0 Å². The SMILES string of the molecule is CCCSCC(CCS(C)(=O)=O)NCC. The van der Waals surface area contributed by atoms with E-state index in [-0.39, 0.29) is 5.75 Å². The molecular weight excluding hydrogens is 230 g/mol. The number of sulfone groups is 1. The molecule has 1 N–H and O–H groups in total. The quantitative estimate of drug-likeness (QED) is 0.633. The molecular formula is C10H23NO2S2. The molecule has 0 rings (SSSR count). The fourth-order valence-electron chi connectivity index (χ4n) is 1.26. The van der Waals surface area contributed by atoms with Crippen molar-refractivity contribution in [1.29, 1.82) is 0 Å². The van der Waals surface area contributed by atoms with Crippen LogP contribution in [0.25, 0.3) is 0 Å². The van der Waals surface area contributed by atoms with Gasteiger partial charge in [-0.3, -0.25) is 0 Å². The van der Waals surface area contributed by atoms with E-state index in [1.54, 1.807) is 0 Å². The standard InChI is InChI=1S/C10H23NO2S2/c1-4-7-14-9-10(11-5-2)6-8-15(3,12)13/h10-11H,4-9H2,1-3H3. The summed E-state index contributed by atoms with van der Waals surface area (Å²) in [4.78, 5) is 0. The van der Waals surface area contributed by atoms with Crippen LogP contribution in [0.1, 0.15) is 26.7 Å². The number of rotatable bonds is 9. The molecule has 1 atom stereocenters. The summed E-state index contributed by atoms with van der Waals surface area (Å²) in [6.07, 6.45) is 3.20. The summed E-state index contributed by atoms with van der Waals surface area (Å²) >= 11 is 1.89. The molecule has 0 bridgehead atoms. The van der Waals surface area contributed by atoms with E-state index in [0.717, 1.165) is 24.5 Å². The first-order valence-corrected chi connectivity index (χ1v) is 8.70. The van der Waals surface area contributed by atoms with E-state index in [1.165, 1.54) is 12.7 Å². The lowest BCUT2D eigenvalue weighted by molar-refractivity contribution is 0.548. The van der Waals surface area contributed by atoms with Crippen LogP contribution < -0.4 is 5.32 Å². The van der Waals surface area contributed by atoms with Crippen LogP contribution in [0.15, 0.2) is 0 Å². The minimum Gasteiger partial charge on any atom is -0.313 e. The van der Waals surface area contributed by atoms with Gasteiger partial charge in [0.1, 0.15) is 9.84 Å². The first kappa shape index (κ1) is 15.3. The maximum absolute atomic E-state index is 11.0. The van der Waals surface area contributed by atoms with Gasteiger partial charge in [0.25, 0.3) is 0 Å². The Kier molecular flexibility index (Phi) is 8.56. The lowest BCUT2D eigenvalue weighted by atomic mass is 10.2. The Balaban J connectivity index is 3.82. The van der Waals surface area contributed by atoms with Crippen molar-refractivity contribution >= 4 is 21.6 Å². The van der Waals surface area contributed by atoms with E-state index < -0.39 is 9.84 Å². The molecule has 15 heavy (non-hydrogen) atoms. The summed E-state index contributed by atoms with van der Waals surface area (Å²) in [6.45, 7) is 5.12. The van der Waals surface area contributed by atoms with E-state index in [1.807, 2.05) is 11.8 Å². The number of nitrogens with one attached hydrogen (secondary N) is 1. The molecule has 3 nitrogen and oxygen atoms in total. The smallest absolute Gasteiger partial charge is 0.147 e. The molecule has 0 aromatic heterocycles. The van der Waals surface area contributed by atoms with Gasteiger partial charge in [0.2, 0.25) is 0 Å². The minimum atomic E-state index is -2.82. The summed E-state index contributed by atoms with van der Waals surface area (Å²) in [5.74, 6) is 2.45. The van der Waals surface area contributed by atoms with Crippen LogP contribution in [-0.4, -0.2) is 44.5 Å². The van der Waals surface area contributed by atoms with Crippen molar-refractivity contribution < 1.29 is 8.42 Å². The third-order valence-corrected chi connectivity index (χ3v) is 4.31. The number of hydrogen-bond donors (Lipinski definition) is 1. The molecule has 0 fully saturated rings. The van der Waals surface area contributed by atoms with Gasteiger partial charge in [-0.2, -0.15) is 11.8 Å². The highest BCUT2D eigenvalue weighted by Gasteiger charge is 2.10. The van der Waals surface area contributed by atoms with Crippen molar-refractivity contribution in [1.82, 2.24) is 5.32 Å². The van der Waals surface area contributed by atoms with Crippen molar-refractivity contribution in [2.45, 2.75) is 32.7 Å². The summed E-state index contributed by atoms with van der Waals surface area (Å²) < 4.78 is 22.1. The second-order valence-electron chi connectivity index (χ2n) is 3.75. The maximum Gasteiger partial charge on any atom is 0.147 e. The van der Waals surface area contributed by atoms with Gasteiger partial charge in [0.05, 0.1) is 5.75 Å². The molecule has 0 amide bonds. The molecule has 0 aliphatic carbocycles. The zero-order valence-electron chi connectivity index (χ0n) is 9.95. The summed E-state index contributed by atoms with van der Waals surface area (Å²) in [5.41, 5.74) is 0. The molecule has 0 aromatic carbocycles. The fraction of sp³-hybridized carbons (Fsp3) is 1.00. The third-order valence-electron chi connectivity index (χ3n) is 2.00. The molecule has 0 aliphatic rings. The van der Waals surface area contributed by atoms with Crippen LogP contribution in [0.5, 0.6) is 0 Å². The van der Waals surface area contributed by atoms with Crippen LogP contribution in [0.4, 0.5) is 0 Å². The normalized spacial score (nSPS) is 14.1. The molecule has 1 unspecified atom stereocenters. The molecule has 0 heterocycles. The van der Waals surface area contributed by atoms with Crippen molar-refractivity contribution in [2.75, 3.05) is 30.1 Å². The van der Waals surface area contributed by atoms with Gasteiger partial charge >= 0.3 is 0 Å². The zero-order valence-corrected chi connectivity index (χ0v) is 11.6. The summed E-state index contributed by atoms with van der Waals surface area (Å²) in [6, 6.07) is 0.335. The van der Waals surface area contributed by atoms with Crippen LogP contribution in [0.3, 0.4) is 0 Å². The van der Waals surface area contributed by atoms with Crippen LogP contribution in [-0.2, 0) is 9.84 Å². The van der Waals surface area contributed by atoms with Crippen molar-refractivity contribution in [2.24, 2.45) is 0 Å². The van der Waals surface area contributed by atoms with Crippen LogP contribution in [0, 0.1) is 0 Å². The van der Waals surface area contributed by atoms with Gasteiger partial charge in [0, 0.05) is 18.1 Å². The lowest BCUT2D eigenvalue weighted by Gasteiger charge is -2.16. The fourth-order valence-corrected chi connectivity index (χ4v) is 3.00. The lowest BCUT2D eigenvalue weighted by Crippen LogP contribution is -2.33. The largest absolute Gasteiger partial charge is 0.313 e. The Morgan fingerprint density at radius 1 is 1.33 bits per heavy atom. The molecule has 5 heteroatoms. The van der Waals surface area contributed by atoms with Gasteiger partial charge in [-0.1, -0.05) is 13.8 Å². The topological polar surface area (TPSA) is 46.2 Å². The minimum absolute atomic E-state index is 0.289. The van der Waals surface area contributed by atoms with Gasteiger partial charge in [-0.25, -0.2) is 8.42 Å². The summed E-state index contributed by atoms with van der Waals surface area (Å²) in [5, 5.41) is 3.33. The Bertz CT molecular complexity index is 240. The number of thioether (sulfide) groups is 1. The second kappa shape index (κ2) is 8.42. The Labute approximate surface area is 98.3 Å². The Morgan fingerprint density at radius 2 is 2.00 bits per heavy atom. The van der Waals surface area contributed by atoms with Gasteiger partial charge in [-0.15, -0.1) is 0 Å². The molecule has 0 saturated carbocycles. The molecule has 0 aromatic rings. The highest BCUT2D eigenvalue weighted by Crippen LogP contribution is 2.08. The van der Waals surface area contributed by atoms with Gasteiger partial charge in [-0.05, 0) is 25.1 Å². The molecule has 92 valence electrons. The molecule has 0 radical (unpaired) electrons. The van der Waals surface area contributed by atoms with Crippen molar-refractivity contribution in [3.8, 4) is 0 Å².